The van der Waals surface area contributed by atoms with Crippen LogP contribution in [0.5, 0.6) is 11.5 Å². The topological polar surface area (TPSA) is 25.4 Å². The van der Waals surface area contributed by atoms with Gasteiger partial charge in [0.1, 0.15) is 5.82 Å². The van der Waals surface area contributed by atoms with Crippen LogP contribution in [0.4, 0.5) is 21.5 Å². The lowest BCUT2D eigenvalue weighted by Crippen LogP contribution is -2.17. The van der Waals surface area contributed by atoms with E-state index in [2.05, 4.69) is 18.2 Å². The first-order valence-corrected chi connectivity index (χ1v) is 12.2. The highest BCUT2D eigenvalue weighted by Crippen LogP contribution is 2.51. The highest BCUT2D eigenvalue weighted by Gasteiger charge is 2.27. The van der Waals surface area contributed by atoms with Gasteiger partial charge in [0.2, 0.25) is 0 Å². The van der Waals surface area contributed by atoms with Crippen molar-refractivity contribution in [3.05, 3.63) is 133 Å². The maximum atomic E-state index is 15.9. The quantitative estimate of drug-likeness (QED) is 0.252. The Morgan fingerprint density at radius 3 is 1.78 bits per heavy atom. The van der Waals surface area contributed by atoms with Crippen LogP contribution >= 0.6 is 0 Å². The molecule has 176 valence electrons. The number of halogens is 1. The summed E-state index contributed by atoms with van der Waals surface area (Å²) in [5.41, 5.74) is 6.51. The van der Waals surface area contributed by atoms with E-state index in [4.69, 9.17) is 9.72 Å². The highest BCUT2D eigenvalue weighted by molar-refractivity contribution is 5.96. The molecule has 0 spiro atoms. The summed E-state index contributed by atoms with van der Waals surface area (Å²) in [6.45, 7) is 0. The van der Waals surface area contributed by atoms with E-state index in [1.807, 2.05) is 108 Å². The lowest BCUT2D eigenvalue weighted by molar-refractivity contribution is 0.476. The summed E-state index contributed by atoms with van der Waals surface area (Å²) in [6, 6.07) is 41.2. The van der Waals surface area contributed by atoms with Gasteiger partial charge in [-0.15, -0.1) is 0 Å². The largest absolute Gasteiger partial charge is 0.453 e. The summed E-state index contributed by atoms with van der Waals surface area (Å²) >= 11 is 0. The van der Waals surface area contributed by atoms with Crippen molar-refractivity contribution in [1.82, 2.24) is 4.98 Å². The fourth-order valence-electron chi connectivity index (χ4n) is 4.97. The average molecular weight is 481 g/mol. The molecule has 0 N–H and O–H groups in total. The Hall–Kier alpha value is -4.96. The van der Waals surface area contributed by atoms with Gasteiger partial charge in [0.05, 0.1) is 28.3 Å². The minimum Gasteiger partial charge on any atom is -0.453 e. The van der Waals surface area contributed by atoms with Crippen LogP contribution in [0.1, 0.15) is 0 Å². The van der Waals surface area contributed by atoms with Gasteiger partial charge in [0.25, 0.3) is 0 Å². The summed E-state index contributed by atoms with van der Waals surface area (Å²) in [6.07, 6.45) is 0. The number of benzene rings is 5. The second-order valence-corrected chi connectivity index (χ2v) is 8.99. The number of aromatic nitrogens is 1. The zero-order chi connectivity index (χ0) is 24.8. The minimum atomic E-state index is -0.349. The maximum Gasteiger partial charge on any atom is 0.151 e. The molecule has 0 saturated carbocycles. The molecule has 1 aromatic heterocycles. The molecule has 0 atom stereocenters. The van der Waals surface area contributed by atoms with Crippen molar-refractivity contribution < 1.29 is 9.13 Å². The molecular weight excluding hydrogens is 459 g/mol. The summed E-state index contributed by atoms with van der Waals surface area (Å²) in [4.78, 5) is 6.90. The smallest absolute Gasteiger partial charge is 0.151 e. The van der Waals surface area contributed by atoms with Gasteiger partial charge in [-0.1, -0.05) is 84.9 Å². The summed E-state index contributed by atoms with van der Waals surface area (Å²) in [7, 11) is 0. The first kappa shape index (κ1) is 21.3. The predicted octanol–water partition coefficient (Wildman–Crippen LogP) is 9.28. The van der Waals surface area contributed by atoms with Gasteiger partial charge in [-0.05, 0) is 42.0 Å². The Kier molecular flexibility index (Phi) is 4.96. The second-order valence-electron chi connectivity index (χ2n) is 8.99. The van der Waals surface area contributed by atoms with Gasteiger partial charge in [-0.3, -0.25) is 0 Å². The summed E-state index contributed by atoms with van der Waals surface area (Å²) in [5, 5.41) is 0.858. The SMILES string of the molecule is Fc1cc2nc(-c3ccccc3)c(-c3ccccc3)cc2cc1N1c2ccccc2Oc2ccccc21. The van der Waals surface area contributed by atoms with Crippen molar-refractivity contribution in [3.8, 4) is 33.9 Å². The molecule has 37 heavy (non-hydrogen) atoms. The van der Waals surface area contributed by atoms with E-state index >= 15 is 4.39 Å². The Labute approximate surface area is 214 Å². The van der Waals surface area contributed by atoms with E-state index in [1.165, 1.54) is 6.07 Å². The lowest BCUT2D eigenvalue weighted by Gasteiger charge is -2.33. The third kappa shape index (κ3) is 3.62. The van der Waals surface area contributed by atoms with Gasteiger partial charge in [-0.25, -0.2) is 9.37 Å². The number of rotatable bonds is 3. The van der Waals surface area contributed by atoms with Crippen molar-refractivity contribution >= 4 is 28.0 Å². The van der Waals surface area contributed by atoms with Crippen LogP contribution in [0.15, 0.2) is 127 Å². The number of ether oxygens (including phenoxy) is 1. The molecule has 6 aromatic rings. The number of hydrogen-bond acceptors (Lipinski definition) is 3. The molecule has 0 radical (unpaired) electrons. The number of nitrogens with zero attached hydrogens (tertiary/aromatic N) is 2. The number of hydrogen-bond donors (Lipinski definition) is 0. The van der Waals surface area contributed by atoms with Crippen molar-refractivity contribution in [2.75, 3.05) is 4.90 Å². The van der Waals surface area contributed by atoms with Crippen LogP contribution in [0.3, 0.4) is 0 Å². The highest BCUT2D eigenvalue weighted by atomic mass is 19.1. The Balaban J connectivity index is 1.48. The van der Waals surface area contributed by atoms with E-state index in [1.54, 1.807) is 0 Å². The molecule has 4 heteroatoms. The molecule has 5 aromatic carbocycles. The minimum absolute atomic E-state index is 0.349. The standard InChI is InChI=1S/C33H21FN2O/c34-26-21-27-24(19-25(22-11-3-1-4-12-22)33(35-27)23-13-5-2-6-14-23)20-30(26)36-28-15-7-9-17-31(28)37-32-18-10-8-16-29(32)36/h1-21H. The average Bonchev–Trinajstić information content (AvgIpc) is 2.96. The second kappa shape index (κ2) is 8.61. The molecule has 0 aliphatic carbocycles. The van der Waals surface area contributed by atoms with Crippen LogP contribution in [0, 0.1) is 5.82 Å². The molecule has 2 heterocycles. The molecule has 7 rings (SSSR count). The van der Waals surface area contributed by atoms with Crippen LogP contribution in [-0.2, 0) is 0 Å². The monoisotopic (exact) mass is 480 g/mol. The lowest BCUT2D eigenvalue weighted by atomic mass is 9.97. The first-order valence-electron chi connectivity index (χ1n) is 12.2. The normalized spacial score (nSPS) is 12.1. The third-order valence-electron chi connectivity index (χ3n) is 6.69. The van der Waals surface area contributed by atoms with Crippen LogP contribution in [0.2, 0.25) is 0 Å². The molecule has 1 aliphatic rings. The number of para-hydroxylation sites is 4. The number of pyridine rings is 1. The fraction of sp³-hybridized carbons (Fsp3) is 0. The molecule has 0 saturated heterocycles. The van der Waals surface area contributed by atoms with Crippen molar-refractivity contribution in [2.45, 2.75) is 0 Å². The van der Waals surface area contributed by atoms with E-state index in [0.717, 1.165) is 39.1 Å². The van der Waals surface area contributed by atoms with Crippen molar-refractivity contribution in [1.29, 1.82) is 0 Å². The van der Waals surface area contributed by atoms with Crippen LogP contribution < -0.4 is 9.64 Å². The van der Waals surface area contributed by atoms with E-state index < -0.39 is 0 Å². The Bertz CT molecular complexity index is 1720. The Morgan fingerprint density at radius 1 is 0.568 bits per heavy atom. The maximum absolute atomic E-state index is 15.9. The molecule has 1 aliphatic heterocycles. The van der Waals surface area contributed by atoms with E-state index in [0.29, 0.717) is 22.7 Å². The third-order valence-corrected chi connectivity index (χ3v) is 6.69. The van der Waals surface area contributed by atoms with Crippen LogP contribution in [0.25, 0.3) is 33.3 Å². The van der Waals surface area contributed by atoms with Crippen LogP contribution in [-0.4, -0.2) is 4.98 Å². The summed E-state index contributed by atoms with van der Waals surface area (Å²) < 4.78 is 22.0. The zero-order valence-electron chi connectivity index (χ0n) is 19.8. The predicted molar refractivity (Wildman–Crippen MR) is 147 cm³/mol. The molecule has 0 unspecified atom stereocenters. The molecule has 0 fully saturated rings. The van der Waals surface area contributed by atoms with Gasteiger partial charge < -0.3 is 9.64 Å². The van der Waals surface area contributed by atoms with Gasteiger partial charge in [0, 0.05) is 22.6 Å². The van der Waals surface area contributed by atoms with E-state index in [-0.39, 0.29) is 5.82 Å². The molecule has 0 bridgehead atoms. The number of anilines is 3. The van der Waals surface area contributed by atoms with Gasteiger partial charge in [-0.2, -0.15) is 0 Å². The Morgan fingerprint density at radius 2 is 1.14 bits per heavy atom. The molecule has 3 nitrogen and oxygen atoms in total. The first-order chi connectivity index (χ1) is 18.3. The number of fused-ring (bicyclic) bond motifs is 3. The molecule has 0 amide bonds. The van der Waals surface area contributed by atoms with Crippen molar-refractivity contribution in [3.63, 3.8) is 0 Å². The summed E-state index contributed by atoms with van der Waals surface area (Å²) in [5.74, 6) is 1.02. The van der Waals surface area contributed by atoms with Gasteiger partial charge in [0.15, 0.2) is 11.5 Å². The molecular formula is C33H21FN2O. The van der Waals surface area contributed by atoms with Crippen molar-refractivity contribution in [2.24, 2.45) is 0 Å². The van der Waals surface area contributed by atoms with E-state index in [9.17, 15) is 0 Å². The van der Waals surface area contributed by atoms with Gasteiger partial charge >= 0.3 is 0 Å². The fourth-order valence-corrected chi connectivity index (χ4v) is 4.97. The zero-order valence-corrected chi connectivity index (χ0v) is 19.8.